The van der Waals surface area contributed by atoms with E-state index >= 15 is 0 Å². The van der Waals surface area contributed by atoms with Crippen molar-refractivity contribution in [2.75, 3.05) is 0 Å². The maximum atomic E-state index is 14.0. The highest BCUT2D eigenvalue weighted by Crippen LogP contribution is 2.26. The molecule has 0 fully saturated rings. The van der Waals surface area contributed by atoms with Crippen molar-refractivity contribution in [3.8, 4) is 0 Å². The molecule has 1 unspecified atom stereocenters. The van der Waals surface area contributed by atoms with Gasteiger partial charge in [0.1, 0.15) is 17.5 Å². The quantitative estimate of drug-likeness (QED) is 0.662. The number of hydrogen-bond donors (Lipinski definition) is 2. The van der Waals surface area contributed by atoms with Crippen LogP contribution in [-0.2, 0) is 0 Å². The average Bonchev–Trinajstić information content (AvgIpc) is 2.34. The van der Waals surface area contributed by atoms with Gasteiger partial charge in [-0.1, -0.05) is 18.2 Å². The van der Waals surface area contributed by atoms with Gasteiger partial charge in [0.15, 0.2) is 0 Å². The average molecular weight is 266 g/mol. The molecular weight excluding hydrogens is 253 g/mol. The molecule has 0 heterocycles. The van der Waals surface area contributed by atoms with Crippen molar-refractivity contribution in [2.24, 2.45) is 5.84 Å². The van der Waals surface area contributed by atoms with E-state index in [1.807, 2.05) is 0 Å². The van der Waals surface area contributed by atoms with Crippen molar-refractivity contribution in [1.82, 2.24) is 5.43 Å². The van der Waals surface area contributed by atoms with Gasteiger partial charge in [-0.25, -0.2) is 18.6 Å². The van der Waals surface area contributed by atoms with Gasteiger partial charge < -0.3 is 0 Å². The van der Waals surface area contributed by atoms with Crippen LogP contribution in [0.4, 0.5) is 13.2 Å². The van der Waals surface area contributed by atoms with Crippen LogP contribution in [0.1, 0.15) is 22.7 Å². The molecule has 0 saturated carbocycles. The van der Waals surface area contributed by atoms with Crippen LogP contribution in [0.25, 0.3) is 0 Å². The zero-order chi connectivity index (χ0) is 14.0. The van der Waals surface area contributed by atoms with E-state index < -0.39 is 23.5 Å². The summed E-state index contributed by atoms with van der Waals surface area (Å²) < 4.78 is 40.5. The van der Waals surface area contributed by atoms with Crippen LogP contribution < -0.4 is 11.3 Å². The Morgan fingerprint density at radius 1 is 1.05 bits per heavy atom. The van der Waals surface area contributed by atoms with Crippen molar-refractivity contribution in [3.63, 3.8) is 0 Å². The van der Waals surface area contributed by atoms with Crippen molar-refractivity contribution >= 4 is 0 Å². The maximum Gasteiger partial charge on any atom is 0.131 e. The van der Waals surface area contributed by atoms with Crippen LogP contribution in [0.5, 0.6) is 0 Å². The fraction of sp³-hybridized carbons (Fsp3) is 0.143. The number of hydrazine groups is 1. The Morgan fingerprint density at radius 2 is 1.68 bits per heavy atom. The second kappa shape index (κ2) is 5.42. The first-order chi connectivity index (χ1) is 9.02. The summed E-state index contributed by atoms with van der Waals surface area (Å²) in [4.78, 5) is 0. The van der Waals surface area contributed by atoms with Gasteiger partial charge in [-0.15, -0.1) is 0 Å². The summed E-state index contributed by atoms with van der Waals surface area (Å²) in [7, 11) is 0. The van der Waals surface area contributed by atoms with Crippen molar-refractivity contribution < 1.29 is 13.2 Å². The van der Waals surface area contributed by atoms with E-state index in [0.29, 0.717) is 5.56 Å². The predicted octanol–water partition coefficient (Wildman–Crippen LogP) is 2.97. The summed E-state index contributed by atoms with van der Waals surface area (Å²) in [5.41, 5.74) is 3.29. The molecule has 0 aliphatic heterocycles. The molecule has 0 aliphatic rings. The molecule has 0 aromatic heterocycles. The van der Waals surface area contributed by atoms with Crippen LogP contribution in [0.3, 0.4) is 0 Å². The Labute approximate surface area is 109 Å². The molecule has 2 rings (SSSR count). The lowest BCUT2D eigenvalue weighted by Gasteiger charge is -2.18. The lowest BCUT2D eigenvalue weighted by atomic mass is 9.97. The number of hydrogen-bond acceptors (Lipinski definition) is 2. The second-order valence-corrected chi connectivity index (χ2v) is 4.28. The number of benzene rings is 2. The van der Waals surface area contributed by atoms with Crippen LogP contribution >= 0.6 is 0 Å². The summed E-state index contributed by atoms with van der Waals surface area (Å²) in [5.74, 6) is 3.48. The minimum atomic E-state index is -0.815. The molecule has 2 nitrogen and oxygen atoms in total. The Balaban J connectivity index is 2.53. The van der Waals surface area contributed by atoms with Gasteiger partial charge in [-0.2, -0.15) is 0 Å². The molecule has 1 atom stereocenters. The van der Waals surface area contributed by atoms with Gasteiger partial charge in [-0.05, 0) is 30.2 Å². The standard InChI is InChI=1S/C14H13F3N2/c1-8-3-2-4-12(13(8)17)14(19-18)9-5-10(15)7-11(16)6-9/h2-7,14,19H,18H2,1H3. The molecule has 0 saturated heterocycles. The van der Waals surface area contributed by atoms with E-state index in [2.05, 4.69) is 5.43 Å². The molecule has 0 spiro atoms. The van der Waals surface area contributed by atoms with Gasteiger partial charge in [0.25, 0.3) is 0 Å². The Kier molecular flexibility index (Phi) is 3.87. The Bertz CT molecular complexity index is 579. The van der Waals surface area contributed by atoms with Gasteiger partial charge in [0.05, 0.1) is 6.04 Å². The largest absolute Gasteiger partial charge is 0.271 e. The third kappa shape index (κ3) is 2.77. The zero-order valence-corrected chi connectivity index (χ0v) is 10.3. The summed E-state index contributed by atoms with van der Waals surface area (Å²) >= 11 is 0. The van der Waals surface area contributed by atoms with E-state index in [-0.39, 0.29) is 11.1 Å². The lowest BCUT2D eigenvalue weighted by Crippen LogP contribution is -2.29. The summed E-state index contributed by atoms with van der Waals surface area (Å²) in [6.45, 7) is 1.61. The molecule has 19 heavy (non-hydrogen) atoms. The molecule has 0 bridgehead atoms. The van der Waals surface area contributed by atoms with Gasteiger partial charge in [0.2, 0.25) is 0 Å². The van der Waals surface area contributed by atoms with Crippen LogP contribution in [0, 0.1) is 24.4 Å². The molecule has 3 N–H and O–H groups in total. The van der Waals surface area contributed by atoms with E-state index in [4.69, 9.17) is 5.84 Å². The van der Waals surface area contributed by atoms with E-state index in [9.17, 15) is 13.2 Å². The number of aryl methyl sites for hydroxylation is 1. The number of nitrogens with one attached hydrogen (secondary N) is 1. The molecule has 0 radical (unpaired) electrons. The van der Waals surface area contributed by atoms with Crippen LogP contribution in [0.2, 0.25) is 0 Å². The first-order valence-corrected chi connectivity index (χ1v) is 5.70. The minimum absolute atomic E-state index is 0.226. The van der Waals surface area contributed by atoms with Crippen LogP contribution in [-0.4, -0.2) is 0 Å². The molecule has 0 amide bonds. The topological polar surface area (TPSA) is 38.0 Å². The van der Waals surface area contributed by atoms with E-state index in [1.54, 1.807) is 19.1 Å². The highest BCUT2D eigenvalue weighted by atomic mass is 19.1. The number of halogens is 3. The normalized spacial score (nSPS) is 12.5. The highest BCUT2D eigenvalue weighted by molar-refractivity contribution is 5.35. The first kappa shape index (κ1) is 13.6. The van der Waals surface area contributed by atoms with E-state index in [1.165, 1.54) is 6.07 Å². The van der Waals surface area contributed by atoms with Gasteiger partial charge in [-0.3, -0.25) is 5.84 Å². The SMILES string of the molecule is Cc1cccc(C(NN)c2cc(F)cc(F)c2)c1F. The molecule has 2 aromatic rings. The Morgan fingerprint density at radius 3 is 2.26 bits per heavy atom. The predicted molar refractivity (Wildman–Crippen MR) is 66.7 cm³/mol. The fourth-order valence-electron chi connectivity index (χ4n) is 2.00. The molecule has 2 aromatic carbocycles. The van der Waals surface area contributed by atoms with Gasteiger partial charge in [0, 0.05) is 11.6 Å². The van der Waals surface area contributed by atoms with Crippen molar-refractivity contribution in [3.05, 3.63) is 70.5 Å². The monoisotopic (exact) mass is 266 g/mol. The summed E-state index contributed by atoms with van der Waals surface area (Å²) in [6, 6.07) is 6.97. The molecule has 100 valence electrons. The van der Waals surface area contributed by atoms with E-state index in [0.717, 1.165) is 18.2 Å². The highest BCUT2D eigenvalue weighted by Gasteiger charge is 2.19. The molecular formula is C14H13F3N2. The van der Waals surface area contributed by atoms with Crippen LogP contribution in [0.15, 0.2) is 36.4 Å². The second-order valence-electron chi connectivity index (χ2n) is 4.28. The zero-order valence-electron chi connectivity index (χ0n) is 10.3. The molecule has 0 aliphatic carbocycles. The summed E-state index contributed by atoms with van der Waals surface area (Å²) in [5, 5.41) is 0. The van der Waals surface area contributed by atoms with Crippen molar-refractivity contribution in [2.45, 2.75) is 13.0 Å². The molecule has 5 heteroatoms. The number of rotatable bonds is 3. The van der Waals surface area contributed by atoms with Gasteiger partial charge >= 0.3 is 0 Å². The fourth-order valence-corrected chi connectivity index (χ4v) is 2.00. The number of nitrogens with two attached hydrogens (primary N) is 1. The smallest absolute Gasteiger partial charge is 0.131 e. The maximum absolute atomic E-state index is 14.0. The lowest BCUT2D eigenvalue weighted by molar-refractivity contribution is 0.540. The minimum Gasteiger partial charge on any atom is -0.271 e. The third-order valence-corrected chi connectivity index (χ3v) is 2.92. The third-order valence-electron chi connectivity index (χ3n) is 2.92. The van der Waals surface area contributed by atoms with Crippen molar-refractivity contribution in [1.29, 1.82) is 0 Å². The summed E-state index contributed by atoms with van der Waals surface area (Å²) in [6.07, 6.45) is 0. The Hall–Kier alpha value is -1.85. The first-order valence-electron chi connectivity index (χ1n) is 5.70.